The first-order chi connectivity index (χ1) is 11.4. The lowest BCUT2D eigenvalue weighted by Gasteiger charge is -2.30. The zero-order chi connectivity index (χ0) is 17.7. The molecule has 7 heteroatoms. The van der Waals surface area contributed by atoms with Gasteiger partial charge in [0.2, 0.25) is 10.0 Å². The number of carbonyl (C=O) groups is 1. The summed E-state index contributed by atoms with van der Waals surface area (Å²) in [5, 5.41) is 2.76. The van der Waals surface area contributed by atoms with E-state index in [1.54, 1.807) is 6.07 Å². The van der Waals surface area contributed by atoms with E-state index in [2.05, 4.69) is 12.2 Å². The van der Waals surface area contributed by atoms with Crippen LogP contribution in [-0.4, -0.2) is 45.4 Å². The molecule has 2 rings (SSSR count). The van der Waals surface area contributed by atoms with Gasteiger partial charge in [-0.2, -0.15) is 4.31 Å². The molecule has 0 radical (unpaired) electrons. The van der Waals surface area contributed by atoms with Crippen molar-refractivity contribution in [1.82, 2.24) is 9.62 Å². The minimum atomic E-state index is -3.60. The van der Waals surface area contributed by atoms with Gasteiger partial charge in [-0.25, -0.2) is 8.42 Å². The molecule has 1 heterocycles. The zero-order valence-electron chi connectivity index (χ0n) is 14.5. The Bertz CT molecular complexity index is 688. The van der Waals surface area contributed by atoms with Crippen molar-refractivity contribution in [2.24, 2.45) is 5.92 Å². The molecule has 134 valence electrons. The van der Waals surface area contributed by atoms with Crippen molar-refractivity contribution in [2.75, 3.05) is 26.7 Å². The van der Waals surface area contributed by atoms with Crippen LogP contribution < -0.4 is 10.1 Å². The van der Waals surface area contributed by atoms with Crippen molar-refractivity contribution in [1.29, 1.82) is 0 Å². The van der Waals surface area contributed by atoms with Crippen LogP contribution in [0.4, 0.5) is 0 Å². The lowest BCUT2D eigenvalue weighted by atomic mass is 10.0. The fourth-order valence-corrected chi connectivity index (χ4v) is 4.50. The highest BCUT2D eigenvalue weighted by molar-refractivity contribution is 7.89. The molecule has 24 heavy (non-hydrogen) atoms. The molecule has 6 nitrogen and oxygen atoms in total. The molecule has 1 amide bonds. The highest BCUT2D eigenvalue weighted by Crippen LogP contribution is 2.27. The van der Waals surface area contributed by atoms with Gasteiger partial charge in [-0.15, -0.1) is 0 Å². The van der Waals surface area contributed by atoms with Crippen molar-refractivity contribution < 1.29 is 17.9 Å². The summed E-state index contributed by atoms with van der Waals surface area (Å²) in [7, 11) is -2.13. The summed E-state index contributed by atoms with van der Waals surface area (Å²) in [4.78, 5) is 12.4. The van der Waals surface area contributed by atoms with E-state index in [-0.39, 0.29) is 16.4 Å². The molecule has 1 saturated heterocycles. The highest BCUT2D eigenvalue weighted by Gasteiger charge is 2.29. The molecule has 0 spiro atoms. The molecule has 1 aromatic carbocycles. The van der Waals surface area contributed by atoms with Gasteiger partial charge in [0.1, 0.15) is 5.75 Å². The van der Waals surface area contributed by atoms with E-state index in [1.807, 2.05) is 6.92 Å². The predicted molar refractivity (Wildman–Crippen MR) is 92.8 cm³/mol. The number of hydrogen-bond acceptors (Lipinski definition) is 4. The number of ether oxygens (including phenoxy) is 1. The van der Waals surface area contributed by atoms with Gasteiger partial charge in [-0.1, -0.05) is 13.8 Å². The summed E-state index contributed by atoms with van der Waals surface area (Å²) >= 11 is 0. The normalized spacial score (nSPS) is 19.0. The summed E-state index contributed by atoms with van der Waals surface area (Å²) in [6, 6.07) is 4.46. The van der Waals surface area contributed by atoms with Gasteiger partial charge in [-0.05, 0) is 43.4 Å². The number of benzene rings is 1. The predicted octanol–water partition coefficient (Wildman–Crippen LogP) is 2.26. The first-order valence-corrected chi connectivity index (χ1v) is 9.80. The van der Waals surface area contributed by atoms with Crippen molar-refractivity contribution in [3.05, 3.63) is 23.8 Å². The van der Waals surface area contributed by atoms with E-state index in [4.69, 9.17) is 4.74 Å². The summed E-state index contributed by atoms with van der Waals surface area (Å²) in [5.41, 5.74) is 0.247. The van der Waals surface area contributed by atoms with E-state index in [0.717, 1.165) is 19.3 Å². The van der Waals surface area contributed by atoms with Gasteiger partial charge in [0.25, 0.3) is 5.91 Å². The second kappa shape index (κ2) is 7.98. The molecule has 1 atom stereocenters. The number of carbonyl (C=O) groups excluding carboxylic acids is 1. The van der Waals surface area contributed by atoms with Crippen LogP contribution >= 0.6 is 0 Å². The van der Waals surface area contributed by atoms with Crippen LogP contribution in [0.3, 0.4) is 0 Å². The standard InChI is InChI=1S/C17H26N2O4S/c1-4-9-18-17(20)15-11-14(7-8-16(15)23-3)24(21,22)19-10-5-6-13(2)12-19/h7-8,11,13H,4-6,9-10,12H2,1-3H3,(H,18,20)/t13-/m1/s1. The number of amides is 1. The molecular weight excluding hydrogens is 328 g/mol. The van der Waals surface area contributed by atoms with Crippen LogP contribution in [-0.2, 0) is 10.0 Å². The quantitative estimate of drug-likeness (QED) is 0.850. The molecule has 0 unspecified atom stereocenters. The highest BCUT2D eigenvalue weighted by atomic mass is 32.2. The van der Waals surface area contributed by atoms with Crippen LogP contribution in [0, 0.1) is 5.92 Å². The van der Waals surface area contributed by atoms with Crippen molar-refractivity contribution in [2.45, 2.75) is 38.0 Å². The Balaban J connectivity index is 2.34. The SMILES string of the molecule is CCCNC(=O)c1cc(S(=O)(=O)N2CCC[C@@H](C)C2)ccc1OC. The maximum absolute atomic E-state index is 12.9. The molecule has 0 saturated carbocycles. The second-order valence-corrected chi connectivity index (χ2v) is 8.17. The second-order valence-electron chi connectivity index (χ2n) is 6.23. The van der Waals surface area contributed by atoms with Gasteiger partial charge >= 0.3 is 0 Å². The minimum Gasteiger partial charge on any atom is -0.496 e. The van der Waals surface area contributed by atoms with Crippen molar-refractivity contribution >= 4 is 15.9 Å². The minimum absolute atomic E-state index is 0.138. The van der Waals surface area contributed by atoms with E-state index >= 15 is 0 Å². The molecule has 0 aliphatic carbocycles. The van der Waals surface area contributed by atoms with Crippen molar-refractivity contribution in [3.63, 3.8) is 0 Å². The Hall–Kier alpha value is -1.60. The Morgan fingerprint density at radius 3 is 2.79 bits per heavy atom. The lowest BCUT2D eigenvalue weighted by Crippen LogP contribution is -2.39. The summed E-state index contributed by atoms with van der Waals surface area (Å²) in [6.07, 6.45) is 2.71. The maximum Gasteiger partial charge on any atom is 0.255 e. The number of methoxy groups -OCH3 is 1. The molecule has 0 aromatic heterocycles. The third-order valence-corrected chi connectivity index (χ3v) is 6.07. The first-order valence-electron chi connectivity index (χ1n) is 8.36. The molecule has 1 aliphatic rings. The smallest absolute Gasteiger partial charge is 0.255 e. The number of rotatable bonds is 6. The van der Waals surface area contributed by atoms with Gasteiger partial charge in [0.05, 0.1) is 17.6 Å². The average molecular weight is 354 g/mol. The zero-order valence-corrected chi connectivity index (χ0v) is 15.4. The number of nitrogens with one attached hydrogen (secondary N) is 1. The van der Waals surface area contributed by atoms with Gasteiger partial charge < -0.3 is 10.1 Å². The summed E-state index contributed by atoms with van der Waals surface area (Å²) in [6.45, 7) is 5.58. The Morgan fingerprint density at radius 2 is 2.17 bits per heavy atom. The third-order valence-electron chi connectivity index (χ3n) is 4.21. The first kappa shape index (κ1) is 18.7. The maximum atomic E-state index is 12.9. The Kier molecular flexibility index (Phi) is 6.23. The van der Waals surface area contributed by atoms with E-state index in [1.165, 1.54) is 23.5 Å². The molecular formula is C17H26N2O4S. The van der Waals surface area contributed by atoms with Crippen LogP contribution in [0.2, 0.25) is 0 Å². The molecule has 1 aliphatic heterocycles. The largest absolute Gasteiger partial charge is 0.496 e. The topological polar surface area (TPSA) is 75.7 Å². The molecule has 1 aromatic rings. The number of nitrogens with zero attached hydrogens (tertiary/aromatic N) is 1. The van der Waals surface area contributed by atoms with E-state index in [0.29, 0.717) is 31.3 Å². The molecule has 0 bridgehead atoms. The molecule has 1 N–H and O–H groups in total. The van der Waals surface area contributed by atoms with Crippen LogP contribution in [0.15, 0.2) is 23.1 Å². The van der Waals surface area contributed by atoms with Gasteiger partial charge in [0.15, 0.2) is 0 Å². The monoisotopic (exact) mass is 354 g/mol. The fraction of sp³-hybridized carbons (Fsp3) is 0.588. The third kappa shape index (κ3) is 4.08. The lowest BCUT2D eigenvalue weighted by molar-refractivity contribution is 0.0950. The van der Waals surface area contributed by atoms with Crippen LogP contribution in [0.1, 0.15) is 43.5 Å². The molecule has 1 fully saturated rings. The van der Waals surface area contributed by atoms with E-state index in [9.17, 15) is 13.2 Å². The number of hydrogen-bond donors (Lipinski definition) is 1. The summed E-state index contributed by atoms with van der Waals surface area (Å²) in [5.74, 6) is 0.395. The van der Waals surface area contributed by atoms with Gasteiger partial charge in [-0.3, -0.25) is 4.79 Å². The Morgan fingerprint density at radius 1 is 1.42 bits per heavy atom. The van der Waals surface area contributed by atoms with Gasteiger partial charge in [0, 0.05) is 19.6 Å². The fourth-order valence-electron chi connectivity index (χ4n) is 2.87. The van der Waals surface area contributed by atoms with E-state index < -0.39 is 10.0 Å². The number of piperidine rings is 1. The Labute approximate surface area is 144 Å². The van der Waals surface area contributed by atoms with Crippen LogP contribution in [0.25, 0.3) is 0 Å². The average Bonchev–Trinajstić information content (AvgIpc) is 2.59. The summed E-state index contributed by atoms with van der Waals surface area (Å²) < 4.78 is 32.5. The number of sulfonamides is 1. The van der Waals surface area contributed by atoms with Crippen LogP contribution in [0.5, 0.6) is 5.75 Å². The van der Waals surface area contributed by atoms with Crippen molar-refractivity contribution in [3.8, 4) is 5.75 Å².